The number of rotatable bonds is 6. The second kappa shape index (κ2) is 9.15. The molecule has 0 unspecified atom stereocenters. The number of hydrogen-bond acceptors (Lipinski definition) is 2. The van der Waals surface area contributed by atoms with E-state index < -0.39 is 0 Å². The van der Waals surface area contributed by atoms with Crippen molar-refractivity contribution in [2.75, 3.05) is 11.4 Å². The van der Waals surface area contributed by atoms with Gasteiger partial charge in [0.2, 0.25) is 5.91 Å². The standard InChI is InChI=1S/C31H29N3O2/c1-2-22-14-16-24(17-15-22)31(36)33(25-18-19-25)21-29(35)34-27-12-7-6-11-26(27)32-20-8-13-28(32)30(34)23-9-4-3-5-10-23/h3-17,20,25,30H,2,18-19,21H2,1H3/t30-/m1/s1. The Morgan fingerprint density at radius 3 is 2.22 bits per heavy atom. The number of fused-ring (bicyclic) bond motifs is 3. The fourth-order valence-electron chi connectivity index (χ4n) is 5.24. The molecule has 0 spiro atoms. The van der Waals surface area contributed by atoms with E-state index in [4.69, 9.17) is 0 Å². The summed E-state index contributed by atoms with van der Waals surface area (Å²) in [7, 11) is 0. The van der Waals surface area contributed by atoms with Crippen molar-refractivity contribution in [2.24, 2.45) is 0 Å². The Morgan fingerprint density at radius 1 is 0.833 bits per heavy atom. The minimum absolute atomic E-state index is 0.0530. The van der Waals surface area contributed by atoms with Crippen molar-refractivity contribution < 1.29 is 9.59 Å². The lowest BCUT2D eigenvalue weighted by molar-refractivity contribution is -0.119. The molecule has 1 atom stereocenters. The average Bonchev–Trinajstić information content (AvgIpc) is 3.66. The predicted octanol–water partition coefficient (Wildman–Crippen LogP) is 5.78. The third kappa shape index (κ3) is 3.91. The molecule has 2 amide bonds. The summed E-state index contributed by atoms with van der Waals surface area (Å²) in [5, 5.41) is 0. The first-order chi connectivity index (χ1) is 17.7. The van der Waals surface area contributed by atoms with Gasteiger partial charge in [0, 0.05) is 17.8 Å². The third-order valence-corrected chi connectivity index (χ3v) is 7.27. The van der Waals surface area contributed by atoms with Gasteiger partial charge in [-0.1, -0.05) is 61.5 Å². The predicted molar refractivity (Wildman–Crippen MR) is 141 cm³/mol. The largest absolute Gasteiger partial charge is 0.326 e. The van der Waals surface area contributed by atoms with Gasteiger partial charge in [0.1, 0.15) is 12.6 Å². The molecule has 2 aliphatic rings. The van der Waals surface area contributed by atoms with Gasteiger partial charge in [-0.3, -0.25) is 14.5 Å². The van der Waals surface area contributed by atoms with Crippen LogP contribution in [0, 0.1) is 0 Å². The van der Waals surface area contributed by atoms with E-state index in [0.717, 1.165) is 41.9 Å². The summed E-state index contributed by atoms with van der Waals surface area (Å²) in [6, 6.07) is 29.8. The lowest BCUT2D eigenvalue weighted by Gasteiger charge is -2.39. The van der Waals surface area contributed by atoms with Gasteiger partial charge in [-0.05, 0) is 66.8 Å². The highest BCUT2D eigenvalue weighted by molar-refractivity contribution is 6.03. The minimum atomic E-state index is -0.274. The van der Waals surface area contributed by atoms with E-state index in [2.05, 4.69) is 29.7 Å². The zero-order valence-electron chi connectivity index (χ0n) is 20.4. The number of carbonyl (C=O) groups excluding carboxylic acids is 2. The first-order valence-corrected chi connectivity index (χ1v) is 12.7. The van der Waals surface area contributed by atoms with Gasteiger partial charge < -0.3 is 9.47 Å². The minimum Gasteiger partial charge on any atom is -0.326 e. The highest BCUT2D eigenvalue weighted by Gasteiger charge is 2.40. The van der Waals surface area contributed by atoms with E-state index >= 15 is 0 Å². The first-order valence-electron chi connectivity index (χ1n) is 12.7. The molecule has 1 aliphatic heterocycles. The Bertz CT molecular complexity index is 1400. The van der Waals surface area contributed by atoms with Crippen LogP contribution in [-0.2, 0) is 11.2 Å². The molecular formula is C31H29N3O2. The molecule has 0 saturated heterocycles. The van der Waals surface area contributed by atoms with Crippen LogP contribution in [0.2, 0.25) is 0 Å². The highest BCUT2D eigenvalue weighted by atomic mass is 16.2. The lowest BCUT2D eigenvalue weighted by atomic mass is 9.97. The number of benzene rings is 3. The molecule has 1 fully saturated rings. The molecule has 0 radical (unpaired) electrons. The van der Waals surface area contributed by atoms with Crippen molar-refractivity contribution in [1.82, 2.24) is 9.47 Å². The summed E-state index contributed by atoms with van der Waals surface area (Å²) >= 11 is 0. The summed E-state index contributed by atoms with van der Waals surface area (Å²) in [6.45, 7) is 2.15. The molecule has 5 heteroatoms. The van der Waals surface area contributed by atoms with E-state index in [0.29, 0.717) is 5.56 Å². The van der Waals surface area contributed by atoms with Crippen molar-refractivity contribution in [2.45, 2.75) is 38.3 Å². The second-order valence-corrected chi connectivity index (χ2v) is 9.58. The van der Waals surface area contributed by atoms with Crippen LogP contribution in [0.15, 0.2) is 97.2 Å². The number of aromatic nitrogens is 1. The van der Waals surface area contributed by atoms with E-state index in [9.17, 15) is 9.59 Å². The van der Waals surface area contributed by atoms with E-state index in [1.807, 2.05) is 83.9 Å². The van der Waals surface area contributed by atoms with Gasteiger partial charge in [0.05, 0.1) is 17.1 Å². The van der Waals surface area contributed by atoms with Gasteiger partial charge in [-0.15, -0.1) is 0 Å². The molecule has 0 N–H and O–H groups in total. The van der Waals surface area contributed by atoms with Gasteiger partial charge in [0.15, 0.2) is 0 Å². The van der Waals surface area contributed by atoms with Crippen molar-refractivity contribution >= 4 is 17.5 Å². The maximum atomic E-state index is 14.2. The Balaban J connectivity index is 1.38. The molecule has 5 nitrogen and oxygen atoms in total. The molecule has 1 aromatic heterocycles. The molecule has 36 heavy (non-hydrogen) atoms. The third-order valence-electron chi connectivity index (χ3n) is 7.27. The first kappa shape index (κ1) is 22.4. The fourth-order valence-corrected chi connectivity index (χ4v) is 5.24. The summed E-state index contributed by atoms with van der Waals surface area (Å²) in [5.74, 6) is -0.146. The van der Waals surface area contributed by atoms with Gasteiger partial charge in [-0.25, -0.2) is 0 Å². The normalized spacial score (nSPS) is 16.2. The van der Waals surface area contributed by atoms with Gasteiger partial charge in [-0.2, -0.15) is 0 Å². The number of carbonyl (C=O) groups is 2. The second-order valence-electron chi connectivity index (χ2n) is 9.58. The molecule has 0 bridgehead atoms. The molecule has 1 saturated carbocycles. The average molecular weight is 476 g/mol. The number of para-hydroxylation sites is 2. The smallest absolute Gasteiger partial charge is 0.254 e. The van der Waals surface area contributed by atoms with Gasteiger partial charge >= 0.3 is 0 Å². The number of aryl methyl sites for hydroxylation is 1. The van der Waals surface area contributed by atoms with Crippen LogP contribution in [0.5, 0.6) is 0 Å². The Morgan fingerprint density at radius 2 is 1.53 bits per heavy atom. The van der Waals surface area contributed by atoms with E-state index in [1.54, 1.807) is 4.90 Å². The van der Waals surface area contributed by atoms with Crippen LogP contribution in [0.25, 0.3) is 5.69 Å². The number of amides is 2. The maximum Gasteiger partial charge on any atom is 0.254 e. The Labute approximate surface area is 211 Å². The quantitative estimate of drug-likeness (QED) is 0.355. The molecule has 3 aromatic carbocycles. The molecule has 2 heterocycles. The van der Waals surface area contributed by atoms with Crippen LogP contribution in [0.3, 0.4) is 0 Å². The Hall–Kier alpha value is -4.12. The van der Waals surface area contributed by atoms with Crippen molar-refractivity contribution in [3.63, 3.8) is 0 Å². The lowest BCUT2D eigenvalue weighted by Crippen LogP contribution is -2.47. The molecule has 1 aliphatic carbocycles. The van der Waals surface area contributed by atoms with Crippen LogP contribution >= 0.6 is 0 Å². The van der Waals surface area contributed by atoms with Crippen LogP contribution in [-0.4, -0.2) is 33.9 Å². The number of hydrogen-bond donors (Lipinski definition) is 0. The van der Waals surface area contributed by atoms with Crippen LogP contribution in [0.4, 0.5) is 5.69 Å². The zero-order chi connectivity index (χ0) is 24.6. The van der Waals surface area contributed by atoms with Crippen molar-refractivity contribution in [3.05, 3.63) is 120 Å². The molecule has 4 aromatic rings. The fraction of sp³-hybridized carbons (Fsp3) is 0.226. The molecule has 180 valence electrons. The van der Waals surface area contributed by atoms with Crippen molar-refractivity contribution in [3.8, 4) is 5.69 Å². The van der Waals surface area contributed by atoms with Crippen molar-refractivity contribution in [1.29, 1.82) is 0 Å². The summed E-state index contributed by atoms with van der Waals surface area (Å²) < 4.78 is 2.16. The summed E-state index contributed by atoms with van der Waals surface area (Å²) in [6.07, 6.45) is 4.85. The van der Waals surface area contributed by atoms with Crippen LogP contribution in [0.1, 0.15) is 53.0 Å². The molecular weight excluding hydrogens is 446 g/mol. The number of anilines is 1. The zero-order valence-corrected chi connectivity index (χ0v) is 20.4. The monoisotopic (exact) mass is 475 g/mol. The summed E-state index contributed by atoms with van der Waals surface area (Å²) in [4.78, 5) is 31.4. The van der Waals surface area contributed by atoms with E-state index in [1.165, 1.54) is 5.56 Å². The number of nitrogens with zero attached hydrogens (tertiary/aromatic N) is 3. The van der Waals surface area contributed by atoms with E-state index in [-0.39, 0.29) is 30.4 Å². The Kier molecular flexibility index (Phi) is 5.68. The van der Waals surface area contributed by atoms with Crippen LogP contribution < -0.4 is 4.90 Å². The highest BCUT2D eigenvalue weighted by Crippen LogP contribution is 2.42. The van der Waals surface area contributed by atoms with Gasteiger partial charge in [0.25, 0.3) is 5.91 Å². The topological polar surface area (TPSA) is 45.6 Å². The molecule has 6 rings (SSSR count). The summed E-state index contributed by atoms with van der Waals surface area (Å²) in [5.41, 5.74) is 5.74. The maximum absolute atomic E-state index is 14.2. The SMILES string of the molecule is CCc1ccc(C(=O)N(CC(=O)N2c3ccccc3-n3cccc3[C@H]2c2ccccc2)C2CC2)cc1.